The Bertz CT molecular complexity index is 557. The van der Waals surface area contributed by atoms with Crippen LogP contribution in [-0.4, -0.2) is 28.4 Å². The van der Waals surface area contributed by atoms with Crippen LogP contribution in [0.5, 0.6) is 11.6 Å². The van der Waals surface area contributed by atoms with Crippen molar-refractivity contribution < 1.29 is 9.84 Å². The number of hydrogen-bond donors (Lipinski definition) is 2. The number of anilines is 1. The number of benzene rings is 1. The third-order valence-corrected chi connectivity index (χ3v) is 2.17. The topological polar surface area (TPSA) is 79.6 Å². The maximum Gasteiger partial charge on any atom is 0.258 e. The molecule has 0 aliphatic carbocycles. The Morgan fingerprint density at radius 2 is 2.06 bits per heavy atom. The van der Waals surface area contributed by atoms with Gasteiger partial charge in [-0.05, 0) is 12.1 Å². The van der Waals surface area contributed by atoms with Gasteiger partial charge in [-0.3, -0.25) is 5.43 Å². The maximum absolute atomic E-state index is 9.54. The van der Waals surface area contributed by atoms with E-state index in [0.29, 0.717) is 17.3 Å². The number of hydrogen-bond acceptors (Lipinski definition) is 6. The fraction of sp³-hybridized carbons (Fsp3) is 0.0833. The van der Waals surface area contributed by atoms with Crippen LogP contribution in [0, 0.1) is 0 Å². The smallest absolute Gasteiger partial charge is 0.258 e. The van der Waals surface area contributed by atoms with E-state index in [9.17, 15) is 5.11 Å². The molecule has 0 unspecified atom stereocenters. The Morgan fingerprint density at radius 1 is 1.28 bits per heavy atom. The van der Waals surface area contributed by atoms with E-state index in [0.717, 1.165) is 0 Å². The molecule has 2 rings (SSSR count). The van der Waals surface area contributed by atoms with Crippen LogP contribution in [0.1, 0.15) is 5.56 Å². The molecule has 0 atom stereocenters. The molecule has 2 aromatic rings. The van der Waals surface area contributed by atoms with Crippen LogP contribution in [0.2, 0.25) is 0 Å². The van der Waals surface area contributed by atoms with E-state index in [1.165, 1.54) is 25.7 Å². The number of para-hydroxylation sites is 1. The minimum atomic E-state index is 0.161. The van der Waals surface area contributed by atoms with Gasteiger partial charge in [0.1, 0.15) is 5.75 Å². The van der Waals surface area contributed by atoms with Crippen molar-refractivity contribution >= 4 is 12.0 Å². The molecule has 0 radical (unpaired) electrons. The number of nitrogens with zero attached hydrogens (tertiary/aromatic N) is 3. The van der Waals surface area contributed by atoms with E-state index in [4.69, 9.17) is 4.74 Å². The third kappa shape index (κ3) is 2.73. The predicted octanol–water partition coefficient (Wildman–Crippen LogP) is 1.64. The number of rotatable bonds is 4. The number of methoxy groups -OCH3 is 1. The number of nitrogens with one attached hydrogen (secondary N) is 1. The second-order valence-corrected chi connectivity index (χ2v) is 3.34. The fourth-order valence-electron chi connectivity index (χ4n) is 1.31. The van der Waals surface area contributed by atoms with Crippen LogP contribution >= 0.6 is 0 Å². The van der Waals surface area contributed by atoms with Gasteiger partial charge in [0.2, 0.25) is 5.82 Å². The molecule has 0 saturated carbocycles. The highest BCUT2D eigenvalue weighted by Gasteiger charge is 2.02. The molecule has 0 saturated heterocycles. The first-order valence-electron chi connectivity index (χ1n) is 5.23. The lowest BCUT2D eigenvalue weighted by Crippen LogP contribution is -1.98. The number of hydrazone groups is 1. The summed E-state index contributed by atoms with van der Waals surface area (Å²) in [6, 6.07) is 6.88. The van der Waals surface area contributed by atoms with Gasteiger partial charge >= 0.3 is 0 Å². The molecule has 0 fully saturated rings. The standard InChI is InChI=1S/C12H12N4O2/c1-18-12-11(13-6-7-14-12)16-15-8-9-4-2-3-5-10(9)17/h2-8,17H,1H3,(H,13,16)/b15-8+. The Morgan fingerprint density at radius 3 is 2.83 bits per heavy atom. The molecule has 2 N–H and O–H groups in total. The molecule has 6 heteroatoms. The Labute approximate surface area is 104 Å². The minimum Gasteiger partial charge on any atom is -0.507 e. The molecule has 6 nitrogen and oxygen atoms in total. The zero-order chi connectivity index (χ0) is 12.8. The summed E-state index contributed by atoms with van der Waals surface area (Å²) in [6.07, 6.45) is 4.54. The highest BCUT2D eigenvalue weighted by molar-refractivity contribution is 5.83. The summed E-state index contributed by atoms with van der Waals surface area (Å²) in [5.41, 5.74) is 3.30. The van der Waals surface area contributed by atoms with Crippen molar-refractivity contribution in [2.45, 2.75) is 0 Å². The summed E-state index contributed by atoms with van der Waals surface area (Å²) in [6.45, 7) is 0. The zero-order valence-electron chi connectivity index (χ0n) is 9.74. The maximum atomic E-state index is 9.54. The fourth-order valence-corrected chi connectivity index (χ4v) is 1.31. The molecule has 0 spiro atoms. The Balaban J connectivity index is 2.10. The number of phenolic OH excluding ortho intramolecular Hbond substituents is 1. The van der Waals surface area contributed by atoms with Crippen LogP contribution in [0.4, 0.5) is 5.82 Å². The molecule has 18 heavy (non-hydrogen) atoms. The van der Waals surface area contributed by atoms with Crippen molar-refractivity contribution in [3.63, 3.8) is 0 Å². The lowest BCUT2D eigenvalue weighted by Gasteiger charge is -2.03. The molecule has 1 aromatic carbocycles. The van der Waals surface area contributed by atoms with Gasteiger partial charge < -0.3 is 9.84 Å². The zero-order valence-corrected chi connectivity index (χ0v) is 9.74. The molecular formula is C12H12N4O2. The molecule has 1 aromatic heterocycles. The van der Waals surface area contributed by atoms with E-state index < -0.39 is 0 Å². The van der Waals surface area contributed by atoms with Gasteiger partial charge in [-0.15, -0.1) is 0 Å². The SMILES string of the molecule is COc1nccnc1N/N=C/c1ccccc1O. The molecule has 0 amide bonds. The summed E-state index contributed by atoms with van der Waals surface area (Å²) < 4.78 is 5.01. The van der Waals surface area contributed by atoms with Gasteiger partial charge in [0.25, 0.3) is 5.88 Å². The monoisotopic (exact) mass is 244 g/mol. The number of aromatic hydroxyl groups is 1. The summed E-state index contributed by atoms with van der Waals surface area (Å²) in [4.78, 5) is 8.00. The predicted molar refractivity (Wildman–Crippen MR) is 67.9 cm³/mol. The van der Waals surface area contributed by atoms with Crippen molar-refractivity contribution in [3.8, 4) is 11.6 Å². The van der Waals surface area contributed by atoms with Crippen molar-refractivity contribution in [2.24, 2.45) is 5.10 Å². The Hall–Kier alpha value is -2.63. The second-order valence-electron chi connectivity index (χ2n) is 3.34. The van der Waals surface area contributed by atoms with Crippen LogP contribution < -0.4 is 10.2 Å². The van der Waals surface area contributed by atoms with Crippen LogP contribution in [0.25, 0.3) is 0 Å². The van der Waals surface area contributed by atoms with Crippen molar-refractivity contribution in [3.05, 3.63) is 42.2 Å². The first-order valence-corrected chi connectivity index (χ1v) is 5.23. The number of ether oxygens (including phenoxy) is 1. The number of aromatic nitrogens is 2. The van der Waals surface area contributed by atoms with Gasteiger partial charge in [-0.1, -0.05) is 12.1 Å². The summed E-state index contributed by atoms with van der Waals surface area (Å²) in [7, 11) is 1.50. The summed E-state index contributed by atoms with van der Waals surface area (Å²) in [5, 5.41) is 13.5. The molecule has 0 aliphatic heterocycles. The summed E-state index contributed by atoms with van der Waals surface area (Å²) >= 11 is 0. The van der Waals surface area contributed by atoms with Crippen molar-refractivity contribution in [1.82, 2.24) is 9.97 Å². The van der Waals surface area contributed by atoms with E-state index in [1.54, 1.807) is 18.2 Å². The highest BCUT2D eigenvalue weighted by atomic mass is 16.5. The first kappa shape index (κ1) is 11.8. The molecular weight excluding hydrogens is 232 g/mol. The first-order chi connectivity index (χ1) is 8.81. The molecule has 92 valence electrons. The van der Waals surface area contributed by atoms with Gasteiger partial charge in [0.05, 0.1) is 13.3 Å². The number of phenols is 1. The average molecular weight is 244 g/mol. The van der Waals surface area contributed by atoms with Gasteiger partial charge in [0, 0.05) is 18.0 Å². The highest BCUT2D eigenvalue weighted by Crippen LogP contribution is 2.17. The quantitative estimate of drug-likeness (QED) is 0.631. The van der Waals surface area contributed by atoms with Crippen LogP contribution in [0.3, 0.4) is 0 Å². The molecule has 0 bridgehead atoms. The summed E-state index contributed by atoms with van der Waals surface area (Å²) in [5.74, 6) is 0.924. The molecule has 1 heterocycles. The lowest BCUT2D eigenvalue weighted by atomic mass is 10.2. The van der Waals surface area contributed by atoms with Crippen LogP contribution in [-0.2, 0) is 0 Å². The van der Waals surface area contributed by atoms with E-state index in [1.807, 2.05) is 6.07 Å². The van der Waals surface area contributed by atoms with Gasteiger partial charge in [-0.25, -0.2) is 9.97 Å². The third-order valence-electron chi connectivity index (χ3n) is 2.17. The van der Waals surface area contributed by atoms with E-state index in [2.05, 4.69) is 20.5 Å². The van der Waals surface area contributed by atoms with Crippen LogP contribution in [0.15, 0.2) is 41.8 Å². The minimum absolute atomic E-state index is 0.161. The van der Waals surface area contributed by atoms with Crippen molar-refractivity contribution in [1.29, 1.82) is 0 Å². The average Bonchev–Trinajstić information content (AvgIpc) is 2.41. The second kappa shape index (κ2) is 5.62. The lowest BCUT2D eigenvalue weighted by molar-refractivity contribution is 0.398. The largest absolute Gasteiger partial charge is 0.507 e. The molecule has 0 aliphatic rings. The Kier molecular flexibility index (Phi) is 3.70. The van der Waals surface area contributed by atoms with Gasteiger partial charge in [-0.2, -0.15) is 5.10 Å². The van der Waals surface area contributed by atoms with Crippen molar-refractivity contribution in [2.75, 3.05) is 12.5 Å². The normalized spacial score (nSPS) is 10.5. The van der Waals surface area contributed by atoms with Gasteiger partial charge in [0.15, 0.2) is 0 Å². The van der Waals surface area contributed by atoms with E-state index >= 15 is 0 Å². The van der Waals surface area contributed by atoms with E-state index in [-0.39, 0.29) is 5.75 Å².